The predicted octanol–water partition coefficient (Wildman–Crippen LogP) is 4.79. The van der Waals surface area contributed by atoms with E-state index in [-0.39, 0.29) is 0 Å². The molecule has 5 heteroatoms. The van der Waals surface area contributed by atoms with E-state index in [1.165, 1.54) is 0 Å². The van der Waals surface area contributed by atoms with Gasteiger partial charge in [-0.3, -0.25) is 4.90 Å². The molecule has 1 aliphatic carbocycles. The monoisotopic (exact) mass is 359 g/mol. The molecular weight excluding hydrogens is 346 g/mol. The number of halogens is 1. The van der Waals surface area contributed by atoms with Crippen LogP contribution >= 0.6 is 11.6 Å². The maximum Gasteiger partial charge on any atom is 0.254 e. The number of hydrogen-bond donors (Lipinski definition) is 0. The third-order valence-electron chi connectivity index (χ3n) is 4.20. The Morgan fingerprint density at radius 1 is 0.923 bits per heavy atom. The molecule has 0 radical (unpaired) electrons. The van der Waals surface area contributed by atoms with Crippen molar-refractivity contribution in [3.05, 3.63) is 101 Å². The fraction of sp³-hybridized carbons (Fsp3) is 0.0476. The van der Waals surface area contributed by atoms with Crippen molar-refractivity contribution in [2.24, 2.45) is 5.16 Å². The second kappa shape index (κ2) is 6.55. The first-order chi connectivity index (χ1) is 12.7. The van der Waals surface area contributed by atoms with E-state index in [1.54, 1.807) is 12.1 Å². The SMILES string of the molecule is N#Cc1ccc(C2=NOC3(C=CC=CC=C3)N2c2ccc(Cl)cc2)cc1. The molecule has 0 bridgehead atoms. The van der Waals surface area contributed by atoms with Gasteiger partial charge in [-0.05, 0) is 60.7 Å². The van der Waals surface area contributed by atoms with Crippen molar-refractivity contribution >= 4 is 23.1 Å². The summed E-state index contributed by atoms with van der Waals surface area (Å²) in [7, 11) is 0. The molecule has 2 aromatic carbocycles. The fourth-order valence-corrected chi connectivity index (χ4v) is 3.06. The van der Waals surface area contributed by atoms with Gasteiger partial charge in [0.25, 0.3) is 5.72 Å². The molecule has 1 heterocycles. The zero-order chi connectivity index (χ0) is 18.0. The van der Waals surface area contributed by atoms with E-state index in [4.69, 9.17) is 21.7 Å². The van der Waals surface area contributed by atoms with Crippen molar-refractivity contribution in [3.8, 4) is 6.07 Å². The second-order valence-electron chi connectivity index (χ2n) is 5.86. The molecule has 0 amide bonds. The minimum atomic E-state index is -0.861. The molecule has 26 heavy (non-hydrogen) atoms. The van der Waals surface area contributed by atoms with E-state index in [1.807, 2.05) is 77.8 Å². The summed E-state index contributed by atoms with van der Waals surface area (Å²) < 4.78 is 0. The summed E-state index contributed by atoms with van der Waals surface area (Å²) in [5.41, 5.74) is 1.49. The van der Waals surface area contributed by atoms with Crippen LogP contribution in [0.15, 0.2) is 90.1 Å². The van der Waals surface area contributed by atoms with Gasteiger partial charge in [-0.25, -0.2) is 0 Å². The molecule has 2 aliphatic rings. The summed E-state index contributed by atoms with van der Waals surface area (Å²) in [6.45, 7) is 0. The molecule has 0 saturated carbocycles. The molecule has 0 aromatic heterocycles. The Balaban J connectivity index is 1.82. The lowest BCUT2D eigenvalue weighted by atomic mass is 10.1. The highest BCUT2D eigenvalue weighted by Crippen LogP contribution is 2.36. The van der Waals surface area contributed by atoms with Crippen molar-refractivity contribution in [3.63, 3.8) is 0 Å². The van der Waals surface area contributed by atoms with Gasteiger partial charge in [-0.2, -0.15) is 5.26 Å². The number of benzene rings is 2. The Morgan fingerprint density at radius 2 is 1.58 bits per heavy atom. The Bertz CT molecular complexity index is 963. The van der Waals surface area contributed by atoms with Gasteiger partial charge in [0.2, 0.25) is 0 Å². The quantitative estimate of drug-likeness (QED) is 0.774. The lowest BCUT2D eigenvalue weighted by molar-refractivity contribution is 0.0608. The summed E-state index contributed by atoms with van der Waals surface area (Å²) in [5.74, 6) is 0.660. The van der Waals surface area contributed by atoms with Crippen molar-refractivity contribution < 1.29 is 4.84 Å². The lowest BCUT2D eigenvalue weighted by Crippen LogP contribution is -2.46. The zero-order valence-electron chi connectivity index (χ0n) is 13.7. The normalized spacial score (nSPS) is 16.9. The number of nitriles is 1. The summed E-state index contributed by atoms with van der Waals surface area (Å²) in [5, 5.41) is 14.0. The van der Waals surface area contributed by atoms with E-state index in [9.17, 15) is 0 Å². The van der Waals surface area contributed by atoms with Crippen LogP contribution in [0.2, 0.25) is 5.02 Å². The van der Waals surface area contributed by atoms with Gasteiger partial charge in [0, 0.05) is 16.3 Å². The summed E-state index contributed by atoms with van der Waals surface area (Å²) in [6.07, 6.45) is 11.6. The molecule has 4 nitrogen and oxygen atoms in total. The average Bonchev–Trinajstić information content (AvgIpc) is 2.87. The standard InChI is InChI=1S/C21H14ClN3O/c22-18-9-11-19(12-10-18)25-20(17-7-5-16(15-23)6-8-17)24-26-21(25)13-3-1-2-4-14-21/h1-14H. The Hall–Kier alpha value is -3.29. The maximum atomic E-state index is 9.03. The first kappa shape index (κ1) is 16.2. The van der Waals surface area contributed by atoms with Crippen LogP contribution in [0.25, 0.3) is 0 Å². The Labute approximate surface area is 156 Å². The summed E-state index contributed by atoms with van der Waals surface area (Å²) >= 11 is 6.06. The highest BCUT2D eigenvalue weighted by molar-refractivity contribution is 6.30. The van der Waals surface area contributed by atoms with Gasteiger partial charge in [0.15, 0.2) is 5.84 Å². The largest absolute Gasteiger partial charge is 0.356 e. The minimum Gasteiger partial charge on any atom is -0.356 e. The van der Waals surface area contributed by atoms with Crippen LogP contribution in [0.4, 0.5) is 5.69 Å². The van der Waals surface area contributed by atoms with E-state index in [2.05, 4.69) is 11.2 Å². The summed E-state index contributed by atoms with van der Waals surface area (Å²) in [4.78, 5) is 7.89. The van der Waals surface area contributed by atoms with E-state index >= 15 is 0 Å². The van der Waals surface area contributed by atoms with Crippen LogP contribution in [0, 0.1) is 11.3 Å². The number of oxime groups is 1. The van der Waals surface area contributed by atoms with E-state index < -0.39 is 5.72 Å². The average molecular weight is 360 g/mol. The molecular formula is C21H14ClN3O. The van der Waals surface area contributed by atoms with Crippen LogP contribution in [-0.2, 0) is 4.84 Å². The molecule has 0 fully saturated rings. The second-order valence-corrected chi connectivity index (χ2v) is 6.30. The lowest BCUT2D eigenvalue weighted by Gasteiger charge is -2.32. The number of amidine groups is 1. The predicted molar refractivity (Wildman–Crippen MR) is 103 cm³/mol. The first-order valence-electron chi connectivity index (χ1n) is 8.08. The van der Waals surface area contributed by atoms with Gasteiger partial charge in [0.05, 0.1) is 11.6 Å². The number of allylic oxidation sites excluding steroid dienone is 4. The Morgan fingerprint density at radius 3 is 2.19 bits per heavy atom. The van der Waals surface area contributed by atoms with Crippen molar-refractivity contribution in [1.82, 2.24) is 0 Å². The molecule has 1 aliphatic heterocycles. The number of rotatable bonds is 2. The molecule has 0 N–H and O–H groups in total. The number of nitrogens with zero attached hydrogens (tertiary/aromatic N) is 3. The highest BCUT2D eigenvalue weighted by atomic mass is 35.5. The molecule has 0 unspecified atom stereocenters. The topological polar surface area (TPSA) is 48.6 Å². The van der Waals surface area contributed by atoms with Crippen molar-refractivity contribution in [2.45, 2.75) is 5.72 Å². The van der Waals surface area contributed by atoms with Crippen LogP contribution in [0.3, 0.4) is 0 Å². The first-order valence-corrected chi connectivity index (χ1v) is 8.46. The van der Waals surface area contributed by atoms with Gasteiger partial charge in [0.1, 0.15) is 0 Å². The number of anilines is 1. The van der Waals surface area contributed by atoms with Crippen LogP contribution in [0.5, 0.6) is 0 Å². The van der Waals surface area contributed by atoms with Gasteiger partial charge in [-0.15, -0.1) is 0 Å². The minimum absolute atomic E-state index is 0.597. The van der Waals surface area contributed by atoms with Crippen LogP contribution < -0.4 is 4.90 Å². The van der Waals surface area contributed by atoms with E-state index in [0.29, 0.717) is 16.4 Å². The van der Waals surface area contributed by atoms with Crippen molar-refractivity contribution in [1.29, 1.82) is 5.26 Å². The van der Waals surface area contributed by atoms with Gasteiger partial charge < -0.3 is 4.84 Å². The summed E-state index contributed by atoms with van der Waals surface area (Å²) in [6, 6.07) is 16.9. The molecule has 126 valence electrons. The van der Waals surface area contributed by atoms with Crippen LogP contribution in [0.1, 0.15) is 11.1 Å². The maximum absolute atomic E-state index is 9.03. The molecule has 1 spiro atoms. The smallest absolute Gasteiger partial charge is 0.254 e. The van der Waals surface area contributed by atoms with Crippen LogP contribution in [-0.4, -0.2) is 11.6 Å². The highest BCUT2D eigenvalue weighted by Gasteiger charge is 2.43. The molecule has 0 atom stereocenters. The molecule has 2 aromatic rings. The third-order valence-corrected chi connectivity index (χ3v) is 4.45. The van der Waals surface area contributed by atoms with Gasteiger partial charge in [-0.1, -0.05) is 41.1 Å². The zero-order valence-corrected chi connectivity index (χ0v) is 14.5. The Kier molecular flexibility index (Phi) is 4.08. The van der Waals surface area contributed by atoms with Gasteiger partial charge >= 0.3 is 0 Å². The molecule has 0 saturated heterocycles. The molecule has 4 rings (SSSR count). The third kappa shape index (κ3) is 2.79. The number of hydrogen-bond acceptors (Lipinski definition) is 4. The fourth-order valence-electron chi connectivity index (χ4n) is 2.93. The van der Waals surface area contributed by atoms with Crippen molar-refractivity contribution in [2.75, 3.05) is 4.90 Å². The van der Waals surface area contributed by atoms with E-state index in [0.717, 1.165) is 11.3 Å².